The molecule has 1 atom stereocenters. The molecule has 10 nitrogen and oxygen atoms in total. The standard InChI is InChI=1S/C26H22F4N4O6/c1-4-39-26(37)40-23-20(38-3)5-6-31-22(23)25(36)32-13(2)24(35)34-33-21(14-7-16(27)11-17(28)8-14)15-9-18(29)12-19(30)10-15/h5-13H,4H2,1-3H3,(H,32,36)(H,34,35)/t13-/m0/s1. The zero-order valence-corrected chi connectivity index (χ0v) is 21.3. The van der Waals surface area contributed by atoms with Gasteiger partial charge in [-0.05, 0) is 38.1 Å². The van der Waals surface area contributed by atoms with Crippen LogP contribution >= 0.6 is 0 Å². The van der Waals surface area contributed by atoms with Crippen molar-refractivity contribution in [1.29, 1.82) is 0 Å². The van der Waals surface area contributed by atoms with Gasteiger partial charge in [0.1, 0.15) is 29.3 Å². The van der Waals surface area contributed by atoms with E-state index in [1.807, 2.05) is 0 Å². The van der Waals surface area contributed by atoms with Crippen molar-refractivity contribution in [3.63, 3.8) is 0 Å². The fourth-order valence-corrected chi connectivity index (χ4v) is 3.30. The molecule has 0 aliphatic heterocycles. The number of pyridine rings is 1. The van der Waals surface area contributed by atoms with Crippen molar-refractivity contribution in [1.82, 2.24) is 15.7 Å². The second-order valence-electron chi connectivity index (χ2n) is 7.92. The molecule has 1 aromatic heterocycles. The first-order valence-electron chi connectivity index (χ1n) is 11.5. The first-order valence-corrected chi connectivity index (χ1v) is 11.5. The number of carbonyl (C=O) groups excluding carboxylic acids is 3. The van der Waals surface area contributed by atoms with Crippen molar-refractivity contribution in [3.8, 4) is 11.5 Å². The Balaban J connectivity index is 1.86. The third-order valence-corrected chi connectivity index (χ3v) is 5.04. The predicted octanol–water partition coefficient (Wildman–Crippen LogP) is 3.87. The van der Waals surface area contributed by atoms with E-state index in [1.54, 1.807) is 6.92 Å². The lowest BCUT2D eigenvalue weighted by Crippen LogP contribution is -2.44. The average molecular weight is 562 g/mol. The Morgan fingerprint density at radius 2 is 1.50 bits per heavy atom. The molecule has 2 N–H and O–H groups in total. The zero-order valence-electron chi connectivity index (χ0n) is 21.3. The molecule has 14 heteroatoms. The van der Waals surface area contributed by atoms with Crippen LogP contribution in [0.4, 0.5) is 22.4 Å². The van der Waals surface area contributed by atoms with Gasteiger partial charge >= 0.3 is 6.16 Å². The van der Waals surface area contributed by atoms with Gasteiger partial charge in [-0.2, -0.15) is 5.10 Å². The smallest absolute Gasteiger partial charge is 0.493 e. The van der Waals surface area contributed by atoms with Crippen LogP contribution in [0.25, 0.3) is 0 Å². The third-order valence-electron chi connectivity index (χ3n) is 5.04. The Kier molecular flexibility index (Phi) is 9.73. The molecule has 2 amide bonds. The highest BCUT2D eigenvalue weighted by molar-refractivity contribution is 6.13. The number of hydrazone groups is 1. The highest BCUT2D eigenvalue weighted by Gasteiger charge is 2.25. The lowest BCUT2D eigenvalue weighted by molar-refractivity contribution is -0.122. The summed E-state index contributed by atoms with van der Waals surface area (Å²) in [7, 11) is 1.26. The fourth-order valence-electron chi connectivity index (χ4n) is 3.30. The number of hydrogen-bond donors (Lipinski definition) is 2. The minimum atomic E-state index is -1.31. The summed E-state index contributed by atoms with van der Waals surface area (Å²) in [6.45, 7) is 2.80. The molecule has 0 fully saturated rings. The molecule has 0 spiro atoms. The first kappa shape index (κ1) is 29.5. The fraction of sp³-hybridized carbons (Fsp3) is 0.192. The van der Waals surface area contributed by atoms with E-state index in [4.69, 9.17) is 14.2 Å². The second kappa shape index (κ2) is 13.2. The van der Waals surface area contributed by atoms with Crippen LogP contribution in [0.15, 0.2) is 53.8 Å². The summed E-state index contributed by atoms with van der Waals surface area (Å²) in [6, 6.07) is 4.56. The van der Waals surface area contributed by atoms with Crippen LogP contribution in [0.2, 0.25) is 0 Å². The summed E-state index contributed by atoms with van der Waals surface area (Å²) >= 11 is 0. The van der Waals surface area contributed by atoms with Crippen LogP contribution in [-0.4, -0.2) is 48.4 Å². The summed E-state index contributed by atoms with van der Waals surface area (Å²) in [5.41, 5.74) is 0.837. The van der Waals surface area contributed by atoms with Gasteiger partial charge in [-0.25, -0.2) is 32.8 Å². The molecule has 40 heavy (non-hydrogen) atoms. The molecule has 0 aliphatic carbocycles. The van der Waals surface area contributed by atoms with E-state index >= 15 is 0 Å². The van der Waals surface area contributed by atoms with Gasteiger partial charge in [0.05, 0.1) is 19.4 Å². The molecule has 0 aliphatic rings. The van der Waals surface area contributed by atoms with Crippen LogP contribution in [-0.2, 0) is 9.53 Å². The minimum absolute atomic E-state index is 0.00677. The highest BCUT2D eigenvalue weighted by Crippen LogP contribution is 2.30. The number of hydrogen-bond acceptors (Lipinski definition) is 8. The maximum atomic E-state index is 13.9. The molecule has 0 radical (unpaired) electrons. The van der Waals surface area contributed by atoms with Gasteiger partial charge in [0.2, 0.25) is 5.75 Å². The molecule has 0 unspecified atom stereocenters. The van der Waals surface area contributed by atoms with Crippen molar-refractivity contribution in [2.24, 2.45) is 5.10 Å². The van der Waals surface area contributed by atoms with E-state index in [-0.39, 0.29) is 34.9 Å². The minimum Gasteiger partial charge on any atom is -0.493 e. The van der Waals surface area contributed by atoms with Gasteiger partial charge in [0, 0.05) is 35.5 Å². The van der Waals surface area contributed by atoms with Crippen molar-refractivity contribution >= 4 is 23.7 Å². The lowest BCUT2D eigenvalue weighted by Gasteiger charge is -2.16. The Morgan fingerprint density at radius 1 is 0.950 bits per heavy atom. The molecule has 0 bridgehead atoms. The summed E-state index contributed by atoms with van der Waals surface area (Å²) < 4.78 is 70.3. The molecule has 3 aromatic rings. The van der Waals surface area contributed by atoms with Gasteiger partial charge in [-0.1, -0.05) is 0 Å². The maximum absolute atomic E-state index is 13.9. The van der Waals surface area contributed by atoms with Crippen molar-refractivity contribution in [3.05, 3.63) is 88.8 Å². The van der Waals surface area contributed by atoms with Gasteiger partial charge in [0.15, 0.2) is 11.4 Å². The SMILES string of the molecule is CCOC(=O)Oc1c(OC)ccnc1C(=O)N[C@@H](C)C(=O)NN=C(c1cc(F)cc(F)c1)c1cc(F)cc(F)c1. The van der Waals surface area contributed by atoms with Crippen LogP contribution in [0.3, 0.4) is 0 Å². The Hall–Kier alpha value is -5.01. The number of methoxy groups -OCH3 is 1. The third kappa shape index (κ3) is 7.52. The molecule has 2 aromatic carbocycles. The summed E-state index contributed by atoms with van der Waals surface area (Å²) in [6.07, 6.45) is 0.0710. The molecular weight excluding hydrogens is 540 g/mol. The number of amides is 2. The Bertz CT molecular complexity index is 1370. The van der Waals surface area contributed by atoms with Crippen molar-refractivity contribution < 1.29 is 46.2 Å². The van der Waals surface area contributed by atoms with Gasteiger partial charge in [0.25, 0.3) is 11.8 Å². The van der Waals surface area contributed by atoms with E-state index in [9.17, 15) is 31.9 Å². The number of aromatic nitrogens is 1. The van der Waals surface area contributed by atoms with E-state index in [0.717, 1.165) is 24.3 Å². The molecule has 210 valence electrons. The zero-order chi connectivity index (χ0) is 29.4. The summed E-state index contributed by atoms with van der Waals surface area (Å²) in [5, 5.41) is 6.13. The quantitative estimate of drug-likeness (QED) is 0.175. The van der Waals surface area contributed by atoms with Crippen molar-refractivity contribution in [2.45, 2.75) is 19.9 Å². The lowest BCUT2D eigenvalue weighted by atomic mass is 10.0. The summed E-state index contributed by atoms with van der Waals surface area (Å²) in [4.78, 5) is 41.3. The van der Waals surface area contributed by atoms with Gasteiger partial charge in [-0.15, -0.1) is 0 Å². The number of nitrogens with one attached hydrogen (secondary N) is 2. The Morgan fingerprint density at radius 3 is 2.00 bits per heavy atom. The summed E-state index contributed by atoms with van der Waals surface area (Å²) in [5.74, 6) is -6.29. The number of nitrogens with zero attached hydrogens (tertiary/aromatic N) is 2. The average Bonchev–Trinajstić information content (AvgIpc) is 2.87. The van der Waals surface area contributed by atoms with Gasteiger partial charge < -0.3 is 19.5 Å². The Labute approximate surface area is 225 Å². The monoisotopic (exact) mass is 562 g/mol. The molecule has 0 saturated carbocycles. The largest absolute Gasteiger partial charge is 0.514 e. The normalized spacial score (nSPS) is 11.2. The number of rotatable bonds is 9. The predicted molar refractivity (Wildman–Crippen MR) is 132 cm³/mol. The van der Waals surface area contributed by atoms with Crippen LogP contribution in [0, 0.1) is 23.3 Å². The first-order chi connectivity index (χ1) is 19.0. The molecular formula is C26H22F4N4O6. The maximum Gasteiger partial charge on any atom is 0.514 e. The molecule has 0 saturated heterocycles. The van der Waals surface area contributed by atoms with Crippen LogP contribution in [0.5, 0.6) is 11.5 Å². The van der Waals surface area contributed by atoms with Crippen LogP contribution < -0.4 is 20.2 Å². The van der Waals surface area contributed by atoms with Crippen LogP contribution in [0.1, 0.15) is 35.5 Å². The van der Waals surface area contributed by atoms with E-state index in [2.05, 4.69) is 20.8 Å². The van der Waals surface area contributed by atoms with E-state index in [1.165, 1.54) is 26.3 Å². The number of benzene rings is 2. The number of carbonyl (C=O) groups is 3. The number of ether oxygens (including phenoxy) is 3. The topological polar surface area (TPSA) is 128 Å². The van der Waals surface area contributed by atoms with E-state index in [0.29, 0.717) is 12.1 Å². The highest BCUT2D eigenvalue weighted by atomic mass is 19.1. The molecule has 3 rings (SSSR count). The number of halogens is 4. The van der Waals surface area contributed by atoms with Crippen molar-refractivity contribution in [2.75, 3.05) is 13.7 Å². The van der Waals surface area contributed by atoms with E-state index < -0.39 is 53.0 Å². The van der Waals surface area contributed by atoms with Gasteiger partial charge in [-0.3, -0.25) is 9.59 Å². The second-order valence-corrected chi connectivity index (χ2v) is 7.92. The molecule has 1 heterocycles.